The second-order valence-corrected chi connectivity index (χ2v) is 4.22. The Kier molecular flexibility index (Phi) is 3.39. The van der Waals surface area contributed by atoms with Crippen molar-refractivity contribution in [1.29, 1.82) is 0 Å². The molecule has 0 spiro atoms. The van der Waals surface area contributed by atoms with E-state index in [1.807, 2.05) is 16.8 Å². The molecule has 2 N–H and O–H groups in total. The molecule has 2 rings (SSSR count). The first-order valence-corrected chi connectivity index (χ1v) is 5.84. The number of benzene rings is 1. The summed E-state index contributed by atoms with van der Waals surface area (Å²) < 4.78 is 18.0. The normalized spacial score (nSPS) is 10.2. The van der Waals surface area contributed by atoms with Crippen molar-refractivity contribution in [3.63, 3.8) is 0 Å². The Hall–Kier alpha value is -1.88. The summed E-state index contributed by atoms with van der Waals surface area (Å²) in [6, 6.07) is 5.47. The van der Waals surface area contributed by atoms with Gasteiger partial charge in [0.15, 0.2) is 0 Å². The second kappa shape index (κ2) is 4.97. The highest BCUT2D eigenvalue weighted by molar-refractivity contribution is 7.07. The van der Waals surface area contributed by atoms with E-state index in [0.29, 0.717) is 0 Å². The van der Waals surface area contributed by atoms with Gasteiger partial charge in [-0.3, -0.25) is 0 Å². The number of nitrogen functional groups attached to an aromatic ring is 1. The Bertz CT molecular complexity index is 525. The van der Waals surface area contributed by atoms with Crippen molar-refractivity contribution < 1.29 is 13.9 Å². The van der Waals surface area contributed by atoms with E-state index >= 15 is 0 Å². The molecule has 3 nitrogen and oxygen atoms in total. The largest absolute Gasteiger partial charge is 0.457 e. The number of nitrogens with two attached hydrogens (primary N) is 1. The van der Waals surface area contributed by atoms with Gasteiger partial charge >= 0.3 is 5.97 Å². The van der Waals surface area contributed by atoms with Crippen LogP contribution in [0.3, 0.4) is 0 Å². The van der Waals surface area contributed by atoms with Crippen molar-refractivity contribution in [2.45, 2.75) is 6.61 Å². The van der Waals surface area contributed by atoms with E-state index in [1.54, 1.807) is 0 Å². The van der Waals surface area contributed by atoms with Crippen LogP contribution in [0.2, 0.25) is 0 Å². The van der Waals surface area contributed by atoms with E-state index in [2.05, 4.69) is 0 Å². The Balaban J connectivity index is 2.07. The molecule has 1 aromatic heterocycles. The Morgan fingerprint density at radius 3 is 2.94 bits per heavy atom. The predicted molar refractivity (Wildman–Crippen MR) is 64.3 cm³/mol. The van der Waals surface area contributed by atoms with Crippen LogP contribution in [0.4, 0.5) is 10.1 Å². The molecular formula is C12H10FNO2S. The summed E-state index contributed by atoms with van der Waals surface area (Å²) in [5.74, 6) is -1.13. The lowest BCUT2D eigenvalue weighted by Gasteiger charge is -2.06. The summed E-state index contributed by atoms with van der Waals surface area (Å²) in [5.41, 5.74) is 6.74. The van der Waals surface area contributed by atoms with Gasteiger partial charge in [-0.15, -0.1) is 0 Å². The SMILES string of the molecule is Nc1ccc(F)cc1C(=O)OCc1ccsc1. The molecular weight excluding hydrogens is 241 g/mol. The highest BCUT2D eigenvalue weighted by atomic mass is 32.1. The third kappa shape index (κ3) is 2.82. The highest BCUT2D eigenvalue weighted by Gasteiger charge is 2.12. The van der Waals surface area contributed by atoms with Crippen molar-refractivity contribution in [2.75, 3.05) is 5.73 Å². The average molecular weight is 251 g/mol. The average Bonchev–Trinajstić information content (AvgIpc) is 2.82. The third-order valence-electron chi connectivity index (χ3n) is 2.19. The van der Waals surface area contributed by atoms with E-state index < -0.39 is 11.8 Å². The number of hydrogen-bond donors (Lipinski definition) is 1. The fourth-order valence-electron chi connectivity index (χ4n) is 1.31. The number of esters is 1. The van der Waals surface area contributed by atoms with E-state index in [1.165, 1.54) is 23.5 Å². The number of anilines is 1. The van der Waals surface area contributed by atoms with Crippen molar-refractivity contribution in [3.05, 3.63) is 52.0 Å². The molecule has 0 bridgehead atoms. The minimum Gasteiger partial charge on any atom is -0.457 e. The van der Waals surface area contributed by atoms with Crippen LogP contribution in [0, 0.1) is 5.82 Å². The molecule has 0 radical (unpaired) electrons. The van der Waals surface area contributed by atoms with Crippen molar-refractivity contribution >= 4 is 23.0 Å². The van der Waals surface area contributed by atoms with Gasteiger partial charge in [-0.1, -0.05) is 0 Å². The predicted octanol–water partition coefficient (Wildman–Crippen LogP) is 2.83. The van der Waals surface area contributed by atoms with Crippen LogP contribution < -0.4 is 5.73 Å². The van der Waals surface area contributed by atoms with Gasteiger partial charge in [0.1, 0.15) is 12.4 Å². The highest BCUT2D eigenvalue weighted by Crippen LogP contribution is 2.16. The fraction of sp³-hybridized carbons (Fsp3) is 0.0833. The monoisotopic (exact) mass is 251 g/mol. The van der Waals surface area contributed by atoms with Crippen molar-refractivity contribution in [3.8, 4) is 0 Å². The zero-order valence-corrected chi connectivity index (χ0v) is 9.67. The van der Waals surface area contributed by atoms with Gasteiger partial charge in [-0.25, -0.2) is 9.18 Å². The summed E-state index contributed by atoms with van der Waals surface area (Å²) in [5, 5.41) is 3.77. The first-order valence-electron chi connectivity index (χ1n) is 4.90. The van der Waals surface area contributed by atoms with E-state index in [-0.39, 0.29) is 17.9 Å². The number of ether oxygens (including phenoxy) is 1. The molecule has 2 aromatic rings. The van der Waals surface area contributed by atoms with Crippen LogP contribution in [-0.4, -0.2) is 5.97 Å². The van der Waals surface area contributed by atoms with Crippen LogP contribution >= 0.6 is 11.3 Å². The Labute approximate surface area is 102 Å². The van der Waals surface area contributed by atoms with Gasteiger partial charge in [0, 0.05) is 11.3 Å². The van der Waals surface area contributed by atoms with E-state index in [4.69, 9.17) is 10.5 Å². The maximum absolute atomic E-state index is 13.0. The molecule has 0 saturated heterocycles. The van der Waals surface area contributed by atoms with E-state index in [0.717, 1.165) is 11.6 Å². The summed E-state index contributed by atoms with van der Waals surface area (Å²) in [6.07, 6.45) is 0. The maximum Gasteiger partial charge on any atom is 0.340 e. The lowest BCUT2D eigenvalue weighted by atomic mass is 10.2. The number of carbonyl (C=O) groups excluding carboxylic acids is 1. The molecule has 0 saturated carbocycles. The molecule has 1 aromatic carbocycles. The number of rotatable bonds is 3. The topological polar surface area (TPSA) is 52.3 Å². The maximum atomic E-state index is 13.0. The third-order valence-corrected chi connectivity index (χ3v) is 2.92. The first kappa shape index (κ1) is 11.6. The Morgan fingerprint density at radius 1 is 1.41 bits per heavy atom. The van der Waals surface area contributed by atoms with Crippen LogP contribution in [0.15, 0.2) is 35.0 Å². The molecule has 0 atom stereocenters. The van der Waals surface area contributed by atoms with Crippen LogP contribution in [0.1, 0.15) is 15.9 Å². The molecule has 0 unspecified atom stereocenters. The molecule has 0 aliphatic heterocycles. The first-order chi connectivity index (χ1) is 8.16. The van der Waals surface area contributed by atoms with E-state index in [9.17, 15) is 9.18 Å². The summed E-state index contributed by atoms with van der Waals surface area (Å²) in [7, 11) is 0. The number of carbonyl (C=O) groups is 1. The lowest BCUT2D eigenvalue weighted by molar-refractivity contribution is 0.0474. The lowest BCUT2D eigenvalue weighted by Crippen LogP contribution is -2.08. The molecule has 17 heavy (non-hydrogen) atoms. The minimum absolute atomic E-state index is 0.0558. The molecule has 0 aliphatic rings. The van der Waals surface area contributed by atoms with Crippen molar-refractivity contribution in [1.82, 2.24) is 0 Å². The summed E-state index contributed by atoms with van der Waals surface area (Å²) >= 11 is 1.52. The smallest absolute Gasteiger partial charge is 0.340 e. The zero-order valence-electron chi connectivity index (χ0n) is 8.85. The van der Waals surface area contributed by atoms with Gasteiger partial charge in [0.25, 0.3) is 0 Å². The number of thiophene rings is 1. The summed E-state index contributed by atoms with van der Waals surface area (Å²) in [4.78, 5) is 11.6. The molecule has 5 heteroatoms. The standard InChI is InChI=1S/C12H10FNO2S/c13-9-1-2-11(14)10(5-9)12(15)16-6-8-3-4-17-7-8/h1-5,7H,6,14H2. The van der Waals surface area contributed by atoms with Crippen molar-refractivity contribution in [2.24, 2.45) is 0 Å². The molecule has 88 valence electrons. The zero-order chi connectivity index (χ0) is 12.3. The van der Waals surface area contributed by atoms with Gasteiger partial charge in [0.05, 0.1) is 5.56 Å². The fourth-order valence-corrected chi connectivity index (χ4v) is 1.96. The molecule has 1 heterocycles. The van der Waals surface area contributed by atoms with Gasteiger partial charge in [-0.2, -0.15) is 11.3 Å². The molecule has 0 fully saturated rings. The molecule has 0 aliphatic carbocycles. The summed E-state index contributed by atoms with van der Waals surface area (Å²) in [6.45, 7) is 0.165. The quantitative estimate of drug-likeness (QED) is 0.674. The second-order valence-electron chi connectivity index (χ2n) is 3.44. The van der Waals surface area contributed by atoms with Crippen LogP contribution in [0.25, 0.3) is 0 Å². The number of halogens is 1. The number of hydrogen-bond acceptors (Lipinski definition) is 4. The van der Waals surface area contributed by atoms with Crippen LogP contribution in [-0.2, 0) is 11.3 Å². The van der Waals surface area contributed by atoms with Crippen LogP contribution in [0.5, 0.6) is 0 Å². The minimum atomic E-state index is -0.617. The van der Waals surface area contributed by atoms with Gasteiger partial charge in [-0.05, 0) is 35.0 Å². The Morgan fingerprint density at radius 2 is 2.24 bits per heavy atom. The molecule has 0 amide bonds. The van der Waals surface area contributed by atoms with Gasteiger partial charge in [0.2, 0.25) is 0 Å². The van der Waals surface area contributed by atoms with Gasteiger partial charge < -0.3 is 10.5 Å².